The lowest BCUT2D eigenvalue weighted by atomic mass is 9.98. The number of halogens is 2. The van der Waals surface area contributed by atoms with Crippen molar-refractivity contribution in [3.05, 3.63) is 46.8 Å². The SMILES string of the molecule is C=C(CC)CC(NCCC)c1ccc(F)c(Cl)c1. The second-order valence-electron chi connectivity index (χ2n) is 4.49. The van der Waals surface area contributed by atoms with Gasteiger partial charge in [-0.15, -0.1) is 0 Å². The van der Waals surface area contributed by atoms with Gasteiger partial charge in [0.25, 0.3) is 0 Å². The first kappa shape index (κ1) is 15.2. The van der Waals surface area contributed by atoms with Gasteiger partial charge in [-0.3, -0.25) is 0 Å². The monoisotopic (exact) mass is 269 g/mol. The second-order valence-corrected chi connectivity index (χ2v) is 4.90. The van der Waals surface area contributed by atoms with Gasteiger partial charge >= 0.3 is 0 Å². The number of nitrogens with one attached hydrogen (secondary N) is 1. The van der Waals surface area contributed by atoms with Crippen LogP contribution in [0.2, 0.25) is 5.02 Å². The first-order valence-electron chi connectivity index (χ1n) is 6.43. The Bertz CT molecular complexity index is 403. The van der Waals surface area contributed by atoms with Crippen molar-refractivity contribution in [3.8, 4) is 0 Å². The summed E-state index contributed by atoms with van der Waals surface area (Å²) in [6.07, 6.45) is 2.88. The van der Waals surface area contributed by atoms with Crippen LogP contribution in [0.3, 0.4) is 0 Å². The van der Waals surface area contributed by atoms with E-state index in [1.54, 1.807) is 12.1 Å². The summed E-state index contributed by atoms with van der Waals surface area (Å²) in [5.74, 6) is -0.371. The lowest BCUT2D eigenvalue weighted by Crippen LogP contribution is -2.22. The van der Waals surface area contributed by atoms with Crippen LogP contribution in [0.15, 0.2) is 30.4 Å². The molecule has 3 heteroatoms. The van der Waals surface area contributed by atoms with Crippen molar-refractivity contribution in [2.45, 2.75) is 39.2 Å². The molecule has 0 fully saturated rings. The van der Waals surface area contributed by atoms with Crippen LogP contribution in [-0.4, -0.2) is 6.54 Å². The average molecular weight is 270 g/mol. The van der Waals surface area contributed by atoms with E-state index in [9.17, 15) is 4.39 Å². The molecule has 18 heavy (non-hydrogen) atoms. The predicted molar refractivity (Wildman–Crippen MR) is 76.5 cm³/mol. The Balaban J connectivity index is 2.86. The summed E-state index contributed by atoms with van der Waals surface area (Å²) in [4.78, 5) is 0. The molecular formula is C15H21ClFN. The molecule has 0 saturated carbocycles. The predicted octanol–water partition coefficient (Wildman–Crippen LogP) is 4.88. The quantitative estimate of drug-likeness (QED) is 0.696. The number of hydrogen-bond acceptors (Lipinski definition) is 1. The van der Waals surface area contributed by atoms with Gasteiger partial charge in [0.15, 0.2) is 0 Å². The van der Waals surface area contributed by atoms with Crippen LogP contribution in [0.5, 0.6) is 0 Å². The van der Waals surface area contributed by atoms with E-state index in [0.29, 0.717) is 0 Å². The molecule has 1 nitrogen and oxygen atoms in total. The molecule has 0 amide bonds. The van der Waals surface area contributed by atoms with Gasteiger partial charge < -0.3 is 5.32 Å². The van der Waals surface area contributed by atoms with Crippen LogP contribution in [0.25, 0.3) is 0 Å². The first-order chi connectivity index (χ1) is 8.58. The molecule has 0 aliphatic carbocycles. The molecule has 0 aliphatic rings. The van der Waals surface area contributed by atoms with E-state index in [0.717, 1.165) is 31.4 Å². The summed E-state index contributed by atoms with van der Waals surface area (Å²) in [6, 6.07) is 5.08. The van der Waals surface area contributed by atoms with E-state index in [4.69, 9.17) is 11.6 Å². The third kappa shape index (κ3) is 4.43. The number of rotatable bonds is 7. The molecule has 1 rings (SSSR count). The van der Waals surface area contributed by atoms with E-state index in [1.807, 2.05) is 0 Å². The molecule has 0 bridgehead atoms. The molecule has 0 aliphatic heterocycles. The summed E-state index contributed by atoms with van der Waals surface area (Å²) in [5.41, 5.74) is 2.20. The number of hydrogen-bond donors (Lipinski definition) is 1. The fraction of sp³-hybridized carbons (Fsp3) is 0.467. The Hall–Kier alpha value is -0.860. The minimum atomic E-state index is -0.371. The van der Waals surface area contributed by atoms with Crippen LogP contribution >= 0.6 is 11.6 Å². The molecule has 1 aromatic rings. The van der Waals surface area contributed by atoms with Gasteiger partial charge in [-0.25, -0.2) is 4.39 Å². The smallest absolute Gasteiger partial charge is 0.141 e. The van der Waals surface area contributed by atoms with Crippen molar-refractivity contribution in [2.75, 3.05) is 6.54 Å². The second kappa shape index (κ2) is 7.55. The summed E-state index contributed by atoms with van der Waals surface area (Å²) in [6.45, 7) is 9.18. The van der Waals surface area contributed by atoms with Crippen molar-refractivity contribution >= 4 is 11.6 Å². The van der Waals surface area contributed by atoms with Crippen LogP contribution in [0.4, 0.5) is 4.39 Å². The molecule has 0 radical (unpaired) electrons. The Morgan fingerprint density at radius 1 is 1.44 bits per heavy atom. The molecule has 100 valence electrons. The fourth-order valence-corrected chi connectivity index (χ4v) is 1.98. The molecular weight excluding hydrogens is 249 g/mol. The zero-order chi connectivity index (χ0) is 13.5. The normalized spacial score (nSPS) is 12.4. The van der Waals surface area contributed by atoms with Crippen molar-refractivity contribution in [1.82, 2.24) is 5.32 Å². The highest BCUT2D eigenvalue weighted by Crippen LogP contribution is 2.25. The Kier molecular flexibility index (Phi) is 6.37. The van der Waals surface area contributed by atoms with Crippen molar-refractivity contribution in [3.63, 3.8) is 0 Å². The van der Waals surface area contributed by atoms with Crippen molar-refractivity contribution in [2.24, 2.45) is 0 Å². The lowest BCUT2D eigenvalue weighted by Gasteiger charge is -2.20. The zero-order valence-corrected chi connectivity index (χ0v) is 11.9. The van der Waals surface area contributed by atoms with Gasteiger partial charge in [0.1, 0.15) is 5.82 Å². The number of benzene rings is 1. The van der Waals surface area contributed by atoms with E-state index < -0.39 is 0 Å². The van der Waals surface area contributed by atoms with Gasteiger partial charge in [-0.1, -0.05) is 43.7 Å². The molecule has 0 spiro atoms. The van der Waals surface area contributed by atoms with Crippen molar-refractivity contribution in [1.29, 1.82) is 0 Å². The van der Waals surface area contributed by atoms with Gasteiger partial charge in [0, 0.05) is 6.04 Å². The minimum absolute atomic E-state index is 0.162. The molecule has 1 N–H and O–H groups in total. The highest BCUT2D eigenvalue weighted by atomic mass is 35.5. The highest BCUT2D eigenvalue weighted by Gasteiger charge is 2.13. The fourth-order valence-electron chi connectivity index (χ4n) is 1.79. The van der Waals surface area contributed by atoms with E-state index in [-0.39, 0.29) is 16.9 Å². The third-order valence-electron chi connectivity index (χ3n) is 2.98. The molecule has 0 aromatic heterocycles. The highest BCUT2D eigenvalue weighted by molar-refractivity contribution is 6.30. The molecule has 1 aromatic carbocycles. The van der Waals surface area contributed by atoms with Gasteiger partial charge in [-0.05, 0) is 43.5 Å². The van der Waals surface area contributed by atoms with Crippen LogP contribution in [0, 0.1) is 5.82 Å². The van der Waals surface area contributed by atoms with Crippen LogP contribution < -0.4 is 5.32 Å². The van der Waals surface area contributed by atoms with Crippen LogP contribution in [-0.2, 0) is 0 Å². The Morgan fingerprint density at radius 3 is 2.72 bits per heavy atom. The first-order valence-corrected chi connectivity index (χ1v) is 6.81. The zero-order valence-electron chi connectivity index (χ0n) is 11.1. The largest absolute Gasteiger partial charge is 0.310 e. The maximum atomic E-state index is 13.2. The Morgan fingerprint density at radius 2 is 2.17 bits per heavy atom. The summed E-state index contributed by atoms with van der Waals surface area (Å²) in [5, 5.41) is 3.63. The molecule has 1 unspecified atom stereocenters. The topological polar surface area (TPSA) is 12.0 Å². The average Bonchev–Trinajstić information content (AvgIpc) is 2.37. The van der Waals surface area contributed by atoms with E-state index >= 15 is 0 Å². The standard InChI is InChI=1S/C15H21ClFN/c1-4-8-18-15(9-11(3)5-2)12-6-7-14(17)13(16)10-12/h6-7,10,15,18H,3-5,8-9H2,1-2H3. The van der Waals surface area contributed by atoms with Gasteiger partial charge in [-0.2, -0.15) is 0 Å². The maximum Gasteiger partial charge on any atom is 0.141 e. The van der Waals surface area contributed by atoms with E-state index in [1.165, 1.54) is 11.6 Å². The molecule has 0 heterocycles. The summed E-state index contributed by atoms with van der Waals surface area (Å²) >= 11 is 5.84. The Labute approximate surface area is 114 Å². The molecule has 0 saturated heterocycles. The summed E-state index contributed by atoms with van der Waals surface area (Å²) < 4.78 is 13.2. The third-order valence-corrected chi connectivity index (χ3v) is 3.27. The maximum absolute atomic E-state index is 13.2. The molecule has 1 atom stereocenters. The van der Waals surface area contributed by atoms with Crippen molar-refractivity contribution < 1.29 is 4.39 Å². The van der Waals surface area contributed by atoms with Gasteiger partial charge in [0.2, 0.25) is 0 Å². The summed E-state index contributed by atoms with van der Waals surface area (Å²) in [7, 11) is 0. The van der Waals surface area contributed by atoms with Gasteiger partial charge in [0.05, 0.1) is 5.02 Å². The lowest BCUT2D eigenvalue weighted by molar-refractivity contribution is 0.522. The van der Waals surface area contributed by atoms with Crippen LogP contribution in [0.1, 0.15) is 44.7 Å². The minimum Gasteiger partial charge on any atom is -0.310 e. The van der Waals surface area contributed by atoms with E-state index in [2.05, 4.69) is 25.7 Å².